The third kappa shape index (κ3) is 9.70. The largest absolute Gasteiger partial charge is 0.377 e. The van der Waals surface area contributed by atoms with Crippen LogP contribution in [-0.2, 0) is 9.47 Å². The lowest BCUT2D eigenvalue weighted by Gasteiger charge is -2.16. The third-order valence-electron chi connectivity index (χ3n) is 2.08. The van der Waals surface area contributed by atoms with Crippen molar-refractivity contribution in [2.75, 3.05) is 26.4 Å². The SMILES string of the molecule is C=CCOCC(C)CC(C)COCC=C. The van der Waals surface area contributed by atoms with Crippen molar-refractivity contribution in [2.24, 2.45) is 11.8 Å². The highest BCUT2D eigenvalue weighted by Crippen LogP contribution is 2.12. The van der Waals surface area contributed by atoms with E-state index in [4.69, 9.17) is 9.47 Å². The molecule has 0 amide bonds. The molecule has 0 saturated carbocycles. The van der Waals surface area contributed by atoms with Gasteiger partial charge in [0, 0.05) is 13.2 Å². The molecular formula is C13H24O2. The van der Waals surface area contributed by atoms with Gasteiger partial charge in [-0.2, -0.15) is 0 Å². The molecule has 0 aliphatic heterocycles. The normalized spacial score (nSPS) is 14.5. The van der Waals surface area contributed by atoms with E-state index in [-0.39, 0.29) is 0 Å². The maximum atomic E-state index is 5.40. The van der Waals surface area contributed by atoms with E-state index in [9.17, 15) is 0 Å². The van der Waals surface area contributed by atoms with Crippen molar-refractivity contribution in [3.05, 3.63) is 25.3 Å². The first-order valence-electron chi connectivity index (χ1n) is 5.58. The van der Waals surface area contributed by atoms with Crippen molar-refractivity contribution in [1.29, 1.82) is 0 Å². The van der Waals surface area contributed by atoms with Crippen LogP contribution in [0.25, 0.3) is 0 Å². The van der Waals surface area contributed by atoms with Gasteiger partial charge in [-0.15, -0.1) is 13.2 Å². The first kappa shape index (κ1) is 14.4. The van der Waals surface area contributed by atoms with Gasteiger partial charge in [0.2, 0.25) is 0 Å². The summed E-state index contributed by atoms with van der Waals surface area (Å²) < 4.78 is 10.8. The lowest BCUT2D eigenvalue weighted by atomic mass is 9.99. The van der Waals surface area contributed by atoms with Crippen LogP contribution in [-0.4, -0.2) is 26.4 Å². The van der Waals surface area contributed by atoms with Crippen molar-refractivity contribution in [1.82, 2.24) is 0 Å². The van der Waals surface area contributed by atoms with Crippen LogP contribution in [0.1, 0.15) is 20.3 Å². The molecule has 0 aromatic heterocycles. The van der Waals surface area contributed by atoms with E-state index >= 15 is 0 Å². The van der Waals surface area contributed by atoms with Crippen molar-refractivity contribution >= 4 is 0 Å². The molecule has 2 nitrogen and oxygen atoms in total. The molecule has 0 rings (SSSR count). The van der Waals surface area contributed by atoms with E-state index < -0.39 is 0 Å². The van der Waals surface area contributed by atoms with E-state index in [0.29, 0.717) is 25.0 Å². The number of ether oxygens (including phenoxy) is 2. The topological polar surface area (TPSA) is 18.5 Å². The summed E-state index contributed by atoms with van der Waals surface area (Å²) in [5, 5.41) is 0. The maximum absolute atomic E-state index is 5.40. The smallest absolute Gasteiger partial charge is 0.0644 e. The average molecular weight is 212 g/mol. The van der Waals surface area contributed by atoms with Crippen LogP contribution < -0.4 is 0 Å². The Labute approximate surface area is 94.0 Å². The van der Waals surface area contributed by atoms with Crippen LogP contribution >= 0.6 is 0 Å². The molecule has 88 valence electrons. The second-order valence-corrected chi connectivity index (χ2v) is 4.10. The van der Waals surface area contributed by atoms with Crippen LogP contribution in [0, 0.1) is 11.8 Å². The quantitative estimate of drug-likeness (QED) is 0.409. The molecule has 0 aliphatic carbocycles. The molecule has 0 spiro atoms. The van der Waals surface area contributed by atoms with Gasteiger partial charge in [0.15, 0.2) is 0 Å². The summed E-state index contributed by atoms with van der Waals surface area (Å²) in [5.74, 6) is 1.15. The zero-order valence-corrected chi connectivity index (χ0v) is 10.1. The molecule has 0 aromatic rings. The summed E-state index contributed by atoms with van der Waals surface area (Å²) in [6.45, 7) is 14.5. The molecule has 0 bridgehead atoms. The predicted molar refractivity (Wildman–Crippen MR) is 65.0 cm³/mol. The Morgan fingerprint density at radius 3 is 1.67 bits per heavy atom. The minimum absolute atomic E-state index is 0.576. The Kier molecular flexibility index (Phi) is 9.54. The summed E-state index contributed by atoms with van der Waals surface area (Å²) in [4.78, 5) is 0. The molecule has 0 radical (unpaired) electrons. The minimum Gasteiger partial charge on any atom is -0.377 e. The molecule has 2 atom stereocenters. The van der Waals surface area contributed by atoms with E-state index in [1.807, 2.05) is 0 Å². The molecular weight excluding hydrogens is 188 g/mol. The third-order valence-corrected chi connectivity index (χ3v) is 2.08. The summed E-state index contributed by atoms with van der Waals surface area (Å²) in [7, 11) is 0. The Hall–Kier alpha value is -0.600. The molecule has 0 aromatic carbocycles. The Balaban J connectivity index is 3.43. The highest BCUT2D eigenvalue weighted by molar-refractivity contribution is 4.66. The van der Waals surface area contributed by atoms with Crippen LogP contribution in [0.2, 0.25) is 0 Å². The van der Waals surface area contributed by atoms with Gasteiger partial charge in [-0.1, -0.05) is 26.0 Å². The van der Waals surface area contributed by atoms with Crippen molar-refractivity contribution < 1.29 is 9.47 Å². The van der Waals surface area contributed by atoms with Gasteiger partial charge in [0.05, 0.1) is 13.2 Å². The number of hydrogen-bond donors (Lipinski definition) is 0. The molecule has 0 saturated heterocycles. The maximum Gasteiger partial charge on any atom is 0.0644 e. The minimum atomic E-state index is 0.576. The lowest BCUT2D eigenvalue weighted by molar-refractivity contribution is 0.0911. The highest BCUT2D eigenvalue weighted by atomic mass is 16.5. The van der Waals surface area contributed by atoms with Crippen LogP contribution in [0.4, 0.5) is 0 Å². The highest BCUT2D eigenvalue weighted by Gasteiger charge is 2.08. The standard InChI is InChI=1S/C13H24O2/c1-5-7-14-10-12(3)9-13(4)11-15-8-6-2/h5-6,12-13H,1-2,7-11H2,3-4H3. The van der Waals surface area contributed by atoms with Crippen molar-refractivity contribution in [3.63, 3.8) is 0 Å². The zero-order chi connectivity index (χ0) is 11.5. The fourth-order valence-electron chi connectivity index (χ4n) is 1.53. The van der Waals surface area contributed by atoms with Gasteiger partial charge in [-0.05, 0) is 18.3 Å². The molecule has 2 heteroatoms. The second-order valence-electron chi connectivity index (χ2n) is 4.10. The van der Waals surface area contributed by atoms with Crippen LogP contribution in [0.5, 0.6) is 0 Å². The molecule has 15 heavy (non-hydrogen) atoms. The summed E-state index contributed by atoms with van der Waals surface area (Å²) in [5.41, 5.74) is 0. The van der Waals surface area contributed by atoms with E-state index in [0.717, 1.165) is 19.6 Å². The number of rotatable bonds is 10. The lowest BCUT2D eigenvalue weighted by Crippen LogP contribution is -2.14. The fourth-order valence-corrected chi connectivity index (χ4v) is 1.53. The first-order valence-corrected chi connectivity index (χ1v) is 5.58. The van der Waals surface area contributed by atoms with Gasteiger partial charge < -0.3 is 9.47 Å². The Morgan fingerprint density at radius 2 is 1.33 bits per heavy atom. The molecule has 2 unspecified atom stereocenters. The average Bonchev–Trinajstić information content (AvgIpc) is 2.18. The summed E-state index contributed by atoms with van der Waals surface area (Å²) in [6, 6.07) is 0. The van der Waals surface area contributed by atoms with E-state index in [2.05, 4.69) is 27.0 Å². The molecule has 0 N–H and O–H groups in total. The van der Waals surface area contributed by atoms with Crippen molar-refractivity contribution in [2.45, 2.75) is 20.3 Å². The van der Waals surface area contributed by atoms with Crippen LogP contribution in [0.3, 0.4) is 0 Å². The van der Waals surface area contributed by atoms with Gasteiger partial charge in [0.25, 0.3) is 0 Å². The van der Waals surface area contributed by atoms with Crippen LogP contribution in [0.15, 0.2) is 25.3 Å². The summed E-state index contributed by atoms with van der Waals surface area (Å²) >= 11 is 0. The predicted octanol–water partition coefficient (Wildman–Crippen LogP) is 3.05. The first-order chi connectivity index (χ1) is 7.20. The van der Waals surface area contributed by atoms with Gasteiger partial charge in [-0.25, -0.2) is 0 Å². The summed E-state index contributed by atoms with van der Waals surface area (Å²) in [6.07, 6.45) is 4.70. The van der Waals surface area contributed by atoms with E-state index in [1.54, 1.807) is 12.2 Å². The second kappa shape index (κ2) is 9.94. The van der Waals surface area contributed by atoms with Crippen molar-refractivity contribution in [3.8, 4) is 0 Å². The van der Waals surface area contributed by atoms with Gasteiger partial charge in [0.1, 0.15) is 0 Å². The molecule has 0 heterocycles. The number of hydrogen-bond acceptors (Lipinski definition) is 2. The van der Waals surface area contributed by atoms with Gasteiger partial charge in [-0.3, -0.25) is 0 Å². The monoisotopic (exact) mass is 212 g/mol. The van der Waals surface area contributed by atoms with E-state index in [1.165, 1.54) is 0 Å². The zero-order valence-electron chi connectivity index (χ0n) is 10.1. The fraction of sp³-hybridized carbons (Fsp3) is 0.692. The van der Waals surface area contributed by atoms with Gasteiger partial charge >= 0.3 is 0 Å². The molecule has 0 aliphatic rings. The Bertz CT molecular complexity index is 148. The molecule has 0 fully saturated rings. The Morgan fingerprint density at radius 1 is 0.933 bits per heavy atom.